The van der Waals surface area contributed by atoms with Crippen molar-refractivity contribution in [3.8, 4) is 12.1 Å². The van der Waals surface area contributed by atoms with Crippen molar-refractivity contribution in [2.45, 2.75) is 52.0 Å². The Morgan fingerprint density at radius 2 is 1.93 bits per heavy atom. The lowest BCUT2D eigenvalue weighted by Crippen LogP contribution is -2.10. The Labute approximate surface area is 165 Å². The predicted molar refractivity (Wildman–Crippen MR) is 111 cm³/mol. The molecule has 0 aliphatic heterocycles. The van der Waals surface area contributed by atoms with Crippen LogP contribution in [0.1, 0.15) is 73.0 Å². The van der Waals surface area contributed by atoms with Crippen molar-refractivity contribution in [3.63, 3.8) is 0 Å². The lowest BCUT2D eigenvalue weighted by atomic mass is 9.95. The van der Waals surface area contributed by atoms with E-state index in [9.17, 15) is 10.5 Å². The van der Waals surface area contributed by atoms with Gasteiger partial charge in [0.1, 0.15) is 18.0 Å². The lowest BCUT2D eigenvalue weighted by molar-refractivity contribution is 0.354. The Hall–Kier alpha value is -3.31. The van der Waals surface area contributed by atoms with Gasteiger partial charge in [0.15, 0.2) is 0 Å². The van der Waals surface area contributed by atoms with Gasteiger partial charge in [0, 0.05) is 24.0 Å². The second kappa shape index (κ2) is 7.02. The number of fused-ring (bicyclic) bond motifs is 1. The summed E-state index contributed by atoms with van der Waals surface area (Å²) >= 11 is 0. The van der Waals surface area contributed by atoms with Crippen molar-refractivity contribution in [2.75, 3.05) is 5.73 Å². The van der Waals surface area contributed by atoms with Crippen LogP contribution in [0.4, 0.5) is 5.82 Å². The monoisotopic (exact) mass is 369 g/mol. The number of rotatable bonds is 2. The highest BCUT2D eigenvalue weighted by atomic mass is 15.0. The molecular formula is C23H23N5. The maximum absolute atomic E-state index is 9.66. The number of nitriles is 2. The van der Waals surface area contributed by atoms with Gasteiger partial charge in [-0.05, 0) is 61.1 Å². The number of nitrogens with zero attached hydrogens (tertiary/aromatic N) is 4. The van der Waals surface area contributed by atoms with Crippen LogP contribution in [0, 0.1) is 29.6 Å². The van der Waals surface area contributed by atoms with E-state index in [4.69, 9.17) is 5.73 Å². The molecule has 1 fully saturated rings. The van der Waals surface area contributed by atoms with Crippen LogP contribution >= 0.6 is 0 Å². The number of hydrogen-bond acceptors (Lipinski definition) is 4. The quantitative estimate of drug-likeness (QED) is 0.806. The number of hydrogen-bond donors (Lipinski definition) is 1. The zero-order chi connectivity index (χ0) is 19.8. The van der Waals surface area contributed by atoms with Crippen LogP contribution in [0.2, 0.25) is 0 Å². The van der Waals surface area contributed by atoms with Crippen LogP contribution in [-0.2, 0) is 0 Å². The molecule has 0 amide bonds. The molecule has 0 radical (unpaired) electrons. The molecule has 0 unspecified atom stereocenters. The molecule has 2 heterocycles. The Kier molecular flexibility index (Phi) is 4.53. The minimum Gasteiger partial charge on any atom is -0.383 e. The van der Waals surface area contributed by atoms with Gasteiger partial charge in [-0.2, -0.15) is 10.5 Å². The van der Waals surface area contributed by atoms with Crippen LogP contribution in [0.25, 0.3) is 17.2 Å². The van der Waals surface area contributed by atoms with Gasteiger partial charge >= 0.3 is 0 Å². The molecule has 0 aromatic carbocycles. The average molecular weight is 369 g/mol. The summed E-state index contributed by atoms with van der Waals surface area (Å²) in [5.41, 5.74) is 12.0. The summed E-state index contributed by atoms with van der Waals surface area (Å²) in [4.78, 5) is 4.39. The van der Waals surface area contributed by atoms with Crippen LogP contribution < -0.4 is 5.73 Å². The molecule has 0 spiro atoms. The Balaban J connectivity index is 1.81. The van der Waals surface area contributed by atoms with E-state index in [1.165, 1.54) is 32.1 Å². The third-order valence-electron chi connectivity index (χ3n) is 6.03. The zero-order valence-electron chi connectivity index (χ0n) is 16.3. The standard InChI is InChI=1S/C23H23N5/c1-14-18(10-16-8-9-28(13-16)17-6-4-3-5-7-17)21-15(2)20(12-25)23(26)27-22(21)19(14)11-24/h8-10,13,17H,3-7H2,1-2H3,(H2,26,27)/b18-10+. The number of allylic oxidation sites excluding steroid dienone is 3. The van der Waals surface area contributed by atoms with Crippen molar-refractivity contribution >= 4 is 23.0 Å². The minimum atomic E-state index is 0.184. The third kappa shape index (κ3) is 2.80. The summed E-state index contributed by atoms with van der Waals surface area (Å²) < 4.78 is 2.32. The first-order chi connectivity index (χ1) is 13.5. The van der Waals surface area contributed by atoms with Crippen LogP contribution in [0.3, 0.4) is 0 Å². The largest absolute Gasteiger partial charge is 0.383 e. The Morgan fingerprint density at radius 1 is 1.18 bits per heavy atom. The number of nitrogen functional groups attached to an aromatic ring is 1. The molecule has 0 saturated heterocycles. The number of pyridine rings is 1. The molecule has 28 heavy (non-hydrogen) atoms. The highest BCUT2D eigenvalue weighted by Crippen LogP contribution is 2.44. The van der Waals surface area contributed by atoms with Crippen molar-refractivity contribution in [1.29, 1.82) is 10.5 Å². The number of aromatic nitrogens is 2. The van der Waals surface area contributed by atoms with Crippen LogP contribution in [0.5, 0.6) is 0 Å². The van der Waals surface area contributed by atoms with Crippen molar-refractivity contribution in [3.05, 3.63) is 52.0 Å². The van der Waals surface area contributed by atoms with Crippen molar-refractivity contribution in [1.82, 2.24) is 9.55 Å². The van der Waals surface area contributed by atoms with Gasteiger partial charge in [0.05, 0.1) is 16.8 Å². The smallest absolute Gasteiger partial charge is 0.142 e. The normalized spacial score (nSPS) is 18.2. The zero-order valence-corrected chi connectivity index (χ0v) is 16.3. The van der Waals surface area contributed by atoms with Crippen molar-refractivity contribution in [2.24, 2.45) is 0 Å². The summed E-state index contributed by atoms with van der Waals surface area (Å²) in [6.45, 7) is 3.82. The van der Waals surface area contributed by atoms with E-state index in [0.717, 1.165) is 27.8 Å². The molecule has 0 atom stereocenters. The maximum atomic E-state index is 9.66. The topological polar surface area (TPSA) is 91.4 Å². The van der Waals surface area contributed by atoms with E-state index in [1.54, 1.807) is 0 Å². The molecule has 5 nitrogen and oxygen atoms in total. The van der Waals surface area contributed by atoms with Gasteiger partial charge in [-0.1, -0.05) is 19.3 Å². The molecule has 2 aliphatic rings. The van der Waals surface area contributed by atoms with Gasteiger partial charge in [0.25, 0.3) is 0 Å². The van der Waals surface area contributed by atoms with E-state index in [1.807, 2.05) is 13.8 Å². The molecule has 2 aliphatic carbocycles. The van der Waals surface area contributed by atoms with E-state index in [0.29, 0.717) is 22.9 Å². The van der Waals surface area contributed by atoms with Gasteiger partial charge < -0.3 is 10.3 Å². The van der Waals surface area contributed by atoms with Gasteiger partial charge in [-0.25, -0.2) is 4.98 Å². The molecular weight excluding hydrogens is 346 g/mol. The molecule has 2 aromatic rings. The highest BCUT2D eigenvalue weighted by Gasteiger charge is 2.29. The molecule has 2 N–H and O–H groups in total. The number of nitrogens with two attached hydrogens (primary N) is 1. The maximum Gasteiger partial charge on any atom is 0.142 e. The summed E-state index contributed by atoms with van der Waals surface area (Å²) in [5, 5.41) is 19.1. The molecule has 140 valence electrons. The fourth-order valence-electron chi connectivity index (χ4n) is 4.48. The summed E-state index contributed by atoms with van der Waals surface area (Å²) in [6.07, 6.45) is 12.8. The molecule has 5 heteroatoms. The van der Waals surface area contributed by atoms with Crippen molar-refractivity contribution < 1.29 is 0 Å². The second-order valence-electron chi connectivity index (χ2n) is 7.69. The average Bonchev–Trinajstić information content (AvgIpc) is 3.26. The summed E-state index contributed by atoms with van der Waals surface area (Å²) in [7, 11) is 0. The van der Waals surface area contributed by atoms with Gasteiger partial charge in [0.2, 0.25) is 0 Å². The molecule has 2 aromatic heterocycles. The first-order valence-electron chi connectivity index (χ1n) is 9.76. The van der Waals surface area contributed by atoms with Crippen LogP contribution in [-0.4, -0.2) is 9.55 Å². The fraction of sp³-hybridized carbons (Fsp3) is 0.348. The first kappa shape index (κ1) is 18.1. The number of anilines is 1. The molecule has 4 rings (SSSR count). The van der Waals surface area contributed by atoms with Gasteiger partial charge in [-0.15, -0.1) is 0 Å². The minimum absolute atomic E-state index is 0.184. The lowest BCUT2D eigenvalue weighted by Gasteiger charge is -2.23. The fourth-order valence-corrected chi connectivity index (χ4v) is 4.48. The van der Waals surface area contributed by atoms with Crippen LogP contribution in [0.15, 0.2) is 24.0 Å². The van der Waals surface area contributed by atoms with E-state index in [2.05, 4.69) is 46.2 Å². The summed E-state index contributed by atoms with van der Waals surface area (Å²) in [6, 6.07) is 7.11. The summed E-state index contributed by atoms with van der Waals surface area (Å²) in [5.74, 6) is 0.184. The van der Waals surface area contributed by atoms with E-state index >= 15 is 0 Å². The first-order valence-corrected chi connectivity index (χ1v) is 9.76. The Morgan fingerprint density at radius 3 is 2.61 bits per heavy atom. The highest BCUT2D eigenvalue weighted by molar-refractivity contribution is 6.08. The van der Waals surface area contributed by atoms with E-state index < -0.39 is 0 Å². The second-order valence-corrected chi connectivity index (χ2v) is 7.69. The van der Waals surface area contributed by atoms with E-state index in [-0.39, 0.29) is 5.82 Å². The Bertz CT molecular complexity index is 1100. The molecule has 0 bridgehead atoms. The third-order valence-corrected chi connectivity index (χ3v) is 6.03. The van der Waals surface area contributed by atoms with Gasteiger partial charge in [-0.3, -0.25) is 0 Å². The SMILES string of the molecule is CC1=C(C#N)c2nc(N)c(C#N)c(C)c2/C1=C/c1ccn(C2CCCCC2)c1. The molecule has 1 saturated carbocycles. The predicted octanol–water partition coefficient (Wildman–Crippen LogP) is 5.00.